The van der Waals surface area contributed by atoms with E-state index in [0.717, 1.165) is 31.0 Å². The van der Waals surface area contributed by atoms with Crippen molar-refractivity contribution in [2.24, 2.45) is 5.92 Å². The van der Waals surface area contributed by atoms with E-state index in [1.165, 1.54) is 0 Å². The van der Waals surface area contributed by atoms with Crippen molar-refractivity contribution in [2.75, 3.05) is 26.3 Å². The van der Waals surface area contributed by atoms with Gasteiger partial charge in [0.05, 0.1) is 19.3 Å². The zero-order valence-electron chi connectivity index (χ0n) is 13.3. The first-order valence-corrected chi connectivity index (χ1v) is 7.54. The Labute approximate surface area is 122 Å². The Kier molecular flexibility index (Phi) is 7.88. The standard InChI is InChI=1S/C16H29NO3/c1-5-8-17(10-16-7-6-14(4)20-16)9-15(18)12-19-11-13(2)3/h6-7,13,15,18H,5,8-12H2,1-4H3/t15-/m0/s1. The van der Waals surface area contributed by atoms with E-state index in [1.54, 1.807) is 0 Å². The molecule has 1 atom stereocenters. The molecule has 0 fully saturated rings. The van der Waals surface area contributed by atoms with Crippen LogP contribution in [0.5, 0.6) is 0 Å². The Bertz CT molecular complexity index is 362. The number of rotatable bonds is 10. The van der Waals surface area contributed by atoms with Gasteiger partial charge in [-0.1, -0.05) is 20.8 Å². The van der Waals surface area contributed by atoms with Crippen LogP contribution in [-0.2, 0) is 11.3 Å². The molecule has 20 heavy (non-hydrogen) atoms. The molecular weight excluding hydrogens is 254 g/mol. The molecule has 1 rings (SSSR count). The van der Waals surface area contributed by atoms with Crippen LogP contribution in [0.15, 0.2) is 16.5 Å². The van der Waals surface area contributed by atoms with Gasteiger partial charge in [0.2, 0.25) is 0 Å². The van der Waals surface area contributed by atoms with Crippen LogP contribution in [0.25, 0.3) is 0 Å². The molecule has 0 unspecified atom stereocenters. The summed E-state index contributed by atoms with van der Waals surface area (Å²) < 4.78 is 11.1. The molecule has 0 aliphatic rings. The van der Waals surface area contributed by atoms with E-state index < -0.39 is 6.10 Å². The highest BCUT2D eigenvalue weighted by molar-refractivity contribution is 5.05. The number of nitrogens with zero attached hydrogens (tertiary/aromatic N) is 1. The average molecular weight is 283 g/mol. The van der Waals surface area contributed by atoms with Gasteiger partial charge in [-0.2, -0.15) is 0 Å². The third-order valence-electron chi connectivity index (χ3n) is 2.95. The van der Waals surface area contributed by atoms with Crippen molar-refractivity contribution in [2.45, 2.75) is 46.8 Å². The van der Waals surface area contributed by atoms with Gasteiger partial charge >= 0.3 is 0 Å². The lowest BCUT2D eigenvalue weighted by atomic mass is 10.2. The monoisotopic (exact) mass is 283 g/mol. The van der Waals surface area contributed by atoms with E-state index in [9.17, 15) is 5.11 Å². The van der Waals surface area contributed by atoms with Gasteiger partial charge < -0.3 is 14.3 Å². The highest BCUT2D eigenvalue weighted by Gasteiger charge is 2.13. The summed E-state index contributed by atoms with van der Waals surface area (Å²) in [6.07, 6.45) is 0.607. The van der Waals surface area contributed by atoms with Crippen LogP contribution >= 0.6 is 0 Å². The summed E-state index contributed by atoms with van der Waals surface area (Å²) in [5.74, 6) is 2.38. The minimum absolute atomic E-state index is 0.398. The molecule has 0 saturated heterocycles. The van der Waals surface area contributed by atoms with E-state index in [0.29, 0.717) is 25.7 Å². The van der Waals surface area contributed by atoms with Crippen molar-refractivity contribution in [3.8, 4) is 0 Å². The normalized spacial score (nSPS) is 13.3. The van der Waals surface area contributed by atoms with E-state index in [2.05, 4.69) is 25.7 Å². The number of hydrogen-bond acceptors (Lipinski definition) is 4. The molecule has 116 valence electrons. The first kappa shape index (κ1) is 17.2. The molecule has 0 aromatic carbocycles. The molecule has 0 aliphatic carbocycles. The second-order valence-corrected chi connectivity index (χ2v) is 5.83. The summed E-state index contributed by atoms with van der Waals surface area (Å²) in [6, 6.07) is 3.97. The Morgan fingerprint density at radius 2 is 2.05 bits per heavy atom. The lowest BCUT2D eigenvalue weighted by molar-refractivity contribution is 0.00601. The summed E-state index contributed by atoms with van der Waals surface area (Å²) in [6.45, 7) is 11.7. The molecule has 4 heteroatoms. The van der Waals surface area contributed by atoms with Gasteiger partial charge in [-0.15, -0.1) is 0 Å². The van der Waals surface area contributed by atoms with Crippen LogP contribution < -0.4 is 0 Å². The number of aliphatic hydroxyl groups excluding tert-OH is 1. The summed E-state index contributed by atoms with van der Waals surface area (Å²) in [7, 11) is 0. The van der Waals surface area contributed by atoms with Gasteiger partial charge in [0.25, 0.3) is 0 Å². The molecule has 1 N–H and O–H groups in total. The third kappa shape index (κ3) is 7.08. The van der Waals surface area contributed by atoms with Crippen LogP contribution in [0.3, 0.4) is 0 Å². The van der Waals surface area contributed by atoms with E-state index in [-0.39, 0.29) is 0 Å². The summed E-state index contributed by atoms with van der Waals surface area (Å²) in [5.41, 5.74) is 0. The largest absolute Gasteiger partial charge is 0.465 e. The first-order valence-electron chi connectivity index (χ1n) is 7.54. The van der Waals surface area contributed by atoms with Gasteiger partial charge in [-0.05, 0) is 37.9 Å². The second kappa shape index (κ2) is 9.16. The molecule has 0 saturated carbocycles. The van der Waals surface area contributed by atoms with Gasteiger partial charge in [0.15, 0.2) is 0 Å². The molecule has 4 nitrogen and oxygen atoms in total. The van der Waals surface area contributed by atoms with Gasteiger partial charge in [-0.3, -0.25) is 4.90 Å². The van der Waals surface area contributed by atoms with Crippen LogP contribution in [-0.4, -0.2) is 42.4 Å². The van der Waals surface area contributed by atoms with Crippen LogP contribution in [0, 0.1) is 12.8 Å². The zero-order valence-corrected chi connectivity index (χ0v) is 13.3. The predicted molar refractivity (Wildman–Crippen MR) is 80.7 cm³/mol. The number of hydrogen-bond donors (Lipinski definition) is 1. The quantitative estimate of drug-likeness (QED) is 0.717. The van der Waals surface area contributed by atoms with Crippen LogP contribution in [0.4, 0.5) is 0 Å². The lowest BCUT2D eigenvalue weighted by Gasteiger charge is -2.23. The smallest absolute Gasteiger partial charge is 0.118 e. The van der Waals surface area contributed by atoms with Crippen molar-refractivity contribution in [3.05, 3.63) is 23.7 Å². The van der Waals surface area contributed by atoms with E-state index in [4.69, 9.17) is 9.15 Å². The van der Waals surface area contributed by atoms with E-state index in [1.807, 2.05) is 19.1 Å². The first-order chi connectivity index (χ1) is 9.51. The van der Waals surface area contributed by atoms with Crippen molar-refractivity contribution < 1.29 is 14.3 Å². The molecular formula is C16H29NO3. The van der Waals surface area contributed by atoms with Crippen LogP contribution in [0.1, 0.15) is 38.7 Å². The maximum absolute atomic E-state index is 10.0. The maximum atomic E-state index is 10.0. The molecule has 0 bridgehead atoms. The van der Waals surface area contributed by atoms with E-state index >= 15 is 0 Å². The third-order valence-corrected chi connectivity index (χ3v) is 2.95. The molecule has 0 spiro atoms. The predicted octanol–water partition coefficient (Wildman–Crippen LogP) is 2.83. The molecule has 1 heterocycles. The molecule has 1 aromatic heterocycles. The van der Waals surface area contributed by atoms with Gasteiger partial charge in [0, 0.05) is 13.2 Å². The average Bonchev–Trinajstić information content (AvgIpc) is 2.74. The number of ether oxygens (including phenoxy) is 1. The fraction of sp³-hybridized carbons (Fsp3) is 0.750. The topological polar surface area (TPSA) is 45.8 Å². The fourth-order valence-electron chi connectivity index (χ4n) is 2.13. The highest BCUT2D eigenvalue weighted by Crippen LogP contribution is 2.10. The minimum Gasteiger partial charge on any atom is -0.465 e. The molecule has 0 amide bonds. The Morgan fingerprint density at radius 1 is 1.30 bits per heavy atom. The highest BCUT2D eigenvalue weighted by atomic mass is 16.5. The minimum atomic E-state index is -0.448. The number of furan rings is 1. The van der Waals surface area contributed by atoms with Crippen molar-refractivity contribution in [1.82, 2.24) is 4.90 Å². The summed E-state index contributed by atoms with van der Waals surface area (Å²) in [5, 5.41) is 10.0. The van der Waals surface area contributed by atoms with Gasteiger partial charge in [-0.25, -0.2) is 0 Å². The second-order valence-electron chi connectivity index (χ2n) is 5.83. The fourth-order valence-corrected chi connectivity index (χ4v) is 2.13. The van der Waals surface area contributed by atoms with Crippen molar-refractivity contribution in [1.29, 1.82) is 0 Å². The Hall–Kier alpha value is -0.840. The number of aryl methyl sites for hydroxylation is 1. The Balaban J connectivity index is 2.37. The Morgan fingerprint density at radius 3 is 2.60 bits per heavy atom. The van der Waals surface area contributed by atoms with Crippen molar-refractivity contribution >= 4 is 0 Å². The lowest BCUT2D eigenvalue weighted by Crippen LogP contribution is -2.35. The molecule has 0 radical (unpaired) electrons. The number of aliphatic hydroxyl groups is 1. The SMILES string of the molecule is CCCN(Cc1ccc(C)o1)C[C@H](O)COCC(C)C. The summed E-state index contributed by atoms with van der Waals surface area (Å²) in [4.78, 5) is 2.21. The van der Waals surface area contributed by atoms with Crippen molar-refractivity contribution in [3.63, 3.8) is 0 Å². The molecule has 0 aliphatic heterocycles. The van der Waals surface area contributed by atoms with Crippen LogP contribution in [0.2, 0.25) is 0 Å². The van der Waals surface area contributed by atoms with Gasteiger partial charge in [0.1, 0.15) is 11.5 Å². The zero-order chi connectivity index (χ0) is 15.0. The summed E-state index contributed by atoms with van der Waals surface area (Å²) >= 11 is 0. The maximum Gasteiger partial charge on any atom is 0.118 e. The molecule has 1 aromatic rings.